The first kappa shape index (κ1) is 17.8. The van der Waals surface area contributed by atoms with Crippen LogP contribution in [0.1, 0.15) is 12.8 Å². The lowest BCUT2D eigenvalue weighted by molar-refractivity contribution is -0.132. The molecule has 2 aromatic rings. The molecule has 1 aliphatic rings. The van der Waals surface area contributed by atoms with E-state index in [-0.39, 0.29) is 5.92 Å². The van der Waals surface area contributed by atoms with Crippen LogP contribution >= 0.6 is 0 Å². The molecule has 0 bridgehead atoms. The van der Waals surface area contributed by atoms with Gasteiger partial charge in [0.2, 0.25) is 0 Å². The first-order chi connectivity index (χ1) is 12.1. The minimum absolute atomic E-state index is 0.245. The SMILES string of the molecule is O=C(NO)C(C1CCOCC1)N(c1ccc2ccccc2c1)S(=O)[O-]. The Hall–Kier alpha value is -2.00. The van der Waals surface area contributed by atoms with Gasteiger partial charge in [-0.2, -0.15) is 0 Å². The van der Waals surface area contributed by atoms with Gasteiger partial charge in [0, 0.05) is 30.2 Å². The van der Waals surface area contributed by atoms with E-state index in [0.29, 0.717) is 31.7 Å². The van der Waals surface area contributed by atoms with Crippen molar-refractivity contribution in [2.75, 3.05) is 17.5 Å². The number of ether oxygens (including phenoxy) is 1. The van der Waals surface area contributed by atoms with Gasteiger partial charge < -0.3 is 9.29 Å². The first-order valence-electron chi connectivity index (χ1n) is 8.01. The van der Waals surface area contributed by atoms with Crippen LogP contribution in [-0.4, -0.2) is 39.1 Å². The number of anilines is 1. The van der Waals surface area contributed by atoms with Crippen LogP contribution in [0.15, 0.2) is 42.5 Å². The molecule has 1 fully saturated rings. The van der Waals surface area contributed by atoms with E-state index < -0.39 is 23.2 Å². The number of nitrogens with zero attached hydrogens (tertiary/aromatic N) is 1. The molecule has 25 heavy (non-hydrogen) atoms. The van der Waals surface area contributed by atoms with E-state index in [2.05, 4.69) is 0 Å². The fraction of sp³-hybridized carbons (Fsp3) is 0.353. The number of fused-ring (bicyclic) bond motifs is 1. The summed E-state index contributed by atoms with van der Waals surface area (Å²) in [4.78, 5) is 12.3. The quantitative estimate of drug-likeness (QED) is 0.479. The summed E-state index contributed by atoms with van der Waals surface area (Å²) in [5.74, 6) is -0.991. The number of amides is 1. The molecule has 7 nitrogen and oxygen atoms in total. The Morgan fingerprint density at radius 1 is 1.24 bits per heavy atom. The lowest BCUT2D eigenvalue weighted by Gasteiger charge is -2.39. The summed E-state index contributed by atoms with van der Waals surface area (Å²) in [6.45, 7) is 0.911. The van der Waals surface area contributed by atoms with Crippen LogP contribution in [0, 0.1) is 5.92 Å². The third-order valence-electron chi connectivity index (χ3n) is 4.49. The average Bonchev–Trinajstić information content (AvgIpc) is 2.65. The highest BCUT2D eigenvalue weighted by Gasteiger charge is 2.36. The molecule has 2 atom stereocenters. The fourth-order valence-corrected chi connectivity index (χ4v) is 4.00. The zero-order valence-electron chi connectivity index (χ0n) is 13.5. The highest BCUT2D eigenvalue weighted by atomic mass is 32.2. The standard InChI is InChI=1S/C17H20N2O5S/c20-17(18-21)16(13-7-9-24-10-8-13)19(25(22)23)15-6-5-12-3-1-2-4-14(12)11-15/h1-6,11,13,16,21H,7-10H2,(H,18,20)(H,22,23)/p-1. The fourth-order valence-electron chi connectivity index (χ4n) is 3.26. The summed E-state index contributed by atoms with van der Waals surface area (Å²) < 4.78 is 30.3. The van der Waals surface area contributed by atoms with Crippen LogP contribution in [0.4, 0.5) is 5.69 Å². The molecule has 1 saturated heterocycles. The Balaban J connectivity index is 2.03. The minimum atomic E-state index is -2.68. The molecule has 0 aromatic heterocycles. The molecule has 1 heterocycles. The van der Waals surface area contributed by atoms with Crippen molar-refractivity contribution < 1.29 is 23.5 Å². The third-order valence-corrected chi connectivity index (χ3v) is 5.25. The third kappa shape index (κ3) is 3.82. The molecular weight excluding hydrogens is 344 g/mol. The summed E-state index contributed by atoms with van der Waals surface area (Å²) in [5.41, 5.74) is 1.99. The molecule has 0 saturated carbocycles. The van der Waals surface area contributed by atoms with Gasteiger partial charge in [0.25, 0.3) is 5.91 Å². The van der Waals surface area contributed by atoms with Crippen molar-refractivity contribution in [2.24, 2.45) is 5.92 Å². The second-order valence-corrected chi connectivity index (χ2v) is 6.77. The van der Waals surface area contributed by atoms with Gasteiger partial charge in [-0.25, -0.2) is 5.48 Å². The maximum absolute atomic E-state index is 12.3. The highest BCUT2D eigenvalue weighted by molar-refractivity contribution is 7.80. The molecule has 1 aliphatic heterocycles. The topological polar surface area (TPSA) is 102 Å². The second kappa shape index (κ2) is 7.92. The van der Waals surface area contributed by atoms with Crippen molar-refractivity contribution in [3.63, 3.8) is 0 Å². The molecule has 134 valence electrons. The van der Waals surface area contributed by atoms with Gasteiger partial charge in [-0.1, -0.05) is 30.3 Å². The van der Waals surface area contributed by atoms with Crippen molar-refractivity contribution in [1.29, 1.82) is 0 Å². The first-order valence-corrected chi connectivity index (χ1v) is 9.04. The highest BCUT2D eigenvalue weighted by Crippen LogP contribution is 2.30. The van der Waals surface area contributed by atoms with Crippen LogP contribution < -0.4 is 9.79 Å². The lowest BCUT2D eigenvalue weighted by Crippen LogP contribution is -2.52. The molecule has 3 rings (SSSR count). The van der Waals surface area contributed by atoms with E-state index in [1.807, 2.05) is 30.3 Å². The van der Waals surface area contributed by atoms with Gasteiger partial charge in [-0.3, -0.25) is 18.5 Å². The summed E-state index contributed by atoms with van der Waals surface area (Å²) in [7, 11) is 0. The van der Waals surface area contributed by atoms with E-state index in [1.54, 1.807) is 17.6 Å². The van der Waals surface area contributed by atoms with Crippen LogP contribution in [0.2, 0.25) is 0 Å². The zero-order valence-corrected chi connectivity index (χ0v) is 14.3. The largest absolute Gasteiger partial charge is 0.755 e. The van der Waals surface area contributed by atoms with Crippen molar-refractivity contribution in [2.45, 2.75) is 18.9 Å². The van der Waals surface area contributed by atoms with Gasteiger partial charge >= 0.3 is 0 Å². The zero-order chi connectivity index (χ0) is 17.8. The van der Waals surface area contributed by atoms with Crippen molar-refractivity contribution in [3.8, 4) is 0 Å². The molecule has 2 aromatic carbocycles. The van der Waals surface area contributed by atoms with Crippen molar-refractivity contribution in [1.82, 2.24) is 5.48 Å². The molecule has 0 aliphatic carbocycles. The van der Waals surface area contributed by atoms with Gasteiger partial charge in [0.05, 0.1) is 0 Å². The molecular formula is C17H19N2O5S-. The number of carbonyl (C=O) groups excluding carboxylic acids is 1. The molecule has 1 amide bonds. The predicted octanol–water partition coefficient (Wildman–Crippen LogP) is 1.74. The van der Waals surface area contributed by atoms with Crippen LogP contribution in [0.3, 0.4) is 0 Å². The van der Waals surface area contributed by atoms with E-state index in [1.165, 1.54) is 0 Å². The Morgan fingerprint density at radius 2 is 1.92 bits per heavy atom. The number of benzene rings is 2. The number of nitrogens with one attached hydrogen (secondary N) is 1. The molecule has 0 radical (unpaired) electrons. The molecule has 2 unspecified atom stereocenters. The van der Waals surface area contributed by atoms with E-state index in [0.717, 1.165) is 15.1 Å². The Kier molecular flexibility index (Phi) is 5.64. The summed E-state index contributed by atoms with van der Waals surface area (Å²) >= 11 is -2.68. The number of carbonyl (C=O) groups is 1. The smallest absolute Gasteiger partial charge is 0.267 e. The van der Waals surface area contributed by atoms with Gasteiger partial charge in [0.1, 0.15) is 6.04 Å². The minimum Gasteiger partial charge on any atom is -0.755 e. The summed E-state index contributed by atoms with van der Waals surface area (Å²) in [6.07, 6.45) is 1.08. The van der Waals surface area contributed by atoms with Gasteiger partial charge in [-0.15, -0.1) is 0 Å². The van der Waals surface area contributed by atoms with Crippen LogP contribution in [-0.2, 0) is 20.8 Å². The molecule has 0 spiro atoms. The summed E-state index contributed by atoms with van der Waals surface area (Å²) in [6, 6.07) is 11.7. The van der Waals surface area contributed by atoms with Gasteiger partial charge in [-0.05, 0) is 41.7 Å². The van der Waals surface area contributed by atoms with Crippen molar-refractivity contribution >= 4 is 33.6 Å². The van der Waals surface area contributed by atoms with E-state index in [9.17, 15) is 13.6 Å². The number of rotatable bonds is 5. The monoisotopic (exact) mass is 363 g/mol. The molecule has 8 heteroatoms. The maximum Gasteiger partial charge on any atom is 0.267 e. The van der Waals surface area contributed by atoms with Crippen LogP contribution in [0.5, 0.6) is 0 Å². The second-order valence-electron chi connectivity index (χ2n) is 5.95. The Morgan fingerprint density at radius 3 is 2.56 bits per heavy atom. The Bertz CT molecular complexity index is 778. The van der Waals surface area contributed by atoms with Crippen molar-refractivity contribution in [3.05, 3.63) is 42.5 Å². The van der Waals surface area contributed by atoms with Crippen LogP contribution in [0.25, 0.3) is 10.8 Å². The number of hydroxylamine groups is 1. The predicted molar refractivity (Wildman–Crippen MR) is 92.6 cm³/mol. The summed E-state index contributed by atoms with van der Waals surface area (Å²) in [5, 5.41) is 11.0. The normalized spacial score (nSPS) is 17.8. The number of hydrogen-bond donors (Lipinski definition) is 2. The molecule has 2 N–H and O–H groups in total. The lowest BCUT2D eigenvalue weighted by atomic mass is 9.91. The number of hydrogen-bond acceptors (Lipinski definition) is 5. The Labute approximate surface area is 148 Å². The van der Waals surface area contributed by atoms with Gasteiger partial charge in [0.15, 0.2) is 0 Å². The maximum atomic E-state index is 12.3. The van der Waals surface area contributed by atoms with E-state index in [4.69, 9.17) is 9.94 Å². The average molecular weight is 363 g/mol. The van der Waals surface area contributed by atoms with E-state index >= 15 is 0 Å².